The Bertz CT molecular complexity index is 875. The molecule has 3 aromatic rings. The smallest absolute Gasteiger partial charge is 0.410 e. The Morgan fingerprint density at radius 2 is 1.93 bits per heavy atom. The molecule has 2 aromatic heterocycles. The van der Waals surface area contributed by atoms with E-state index in [0.717, 1.165) is 24.0 Å². The molecule has 0 atom stereocenters. The van der Waals surface area contributed by atoms with E-state index in [2.05, 4.69) is 15.2 Å². The second kappa shape index (κ2) is 7.99. The van der Waals surface area contributed by atoms with Crippen LogP contribution in [0.15, 0.2) is 59.3 Å². The van der Waals surface area contributed by atoms with Crippen LogP contribution in [0, 0.1) is 0 Å². The zero-order valence-corrected chi connectivity index (χ0v) is 14.8. The fourth-order valence-electron chi connectivity index (χ4n) is 3.13. The van der Waals surface area contributed by atoms with Gasteiger partial charge < -0.3 is 14.1 Å². The van der Waals surface area contributed by atoms with Crippen LogP contribution in [0.4, 0.5) is 4.79 Å². The van der Waals surface area contributed by atoms with Gasteiger partial charge in [-0.15, -0.1) is 10.2 Å². The number of likely N-dealkylation sites (tertiary alicyclic amines) is 1. The number of carbonyl (C=O) groups excluding carboxylic acids is 1. The van der Waals surface area contributed by atoms with Gasteiger partial charge in [-0.3, -0.25) is 4.98 Å². The molecule has 0 saturated carbocycles. The van der Waals surface area contributed by atoms with Gasteiger partial charge in [0, 0.05) is 31.4 Å². The van der Waals surface area contributed by atoms with Crippen LogP contribution in [-0.2, 0) is 11.3 Å². The summed E-state index contributed by atoms with van der Waals surface area (Å²) in [5, 5.41) is 8.30. The maximum absolute atomic E-state index is 12.2. The topological polar surface area (TPSA) is 81.4 Å². The first-order chi connectivity index (χ1) is 13.3. The van der Waals surface area contributed by atoms with Gasteiger partial charge in [0.25, 0.3) is 0 Å². The number of aromatic nitrogens is 3. The normalized spacial score (nSPS) is 14.9. The fraction of sp³-hybridized carbons (Fsp3) is 0.300. The Morgan fingerprint density at radius 3 is 2.67 bits per heavy atom. The average Bonchev–Trinajstić information content (AvgIpc) is 3.24. The van der Waals surface area contributed by atoms with Gasteiger partial charge in [0.05, 0.1) is 5.56 Å². The zero-order chi connectivity index (χ0) is 18.5. The molecule has 0 N–H and O–H groups in total. The molecule has 7 nitrogen and oxygen atoms in total. The fourth-order valence-corrected chi connectivity index (χ4v) is 3.13. The van der Waals surface area contributed by atoms with E-state index >= 15 is 0 Å². The van der Waals surface area contributed by atoms with Crippen LogP contribution >= 0.6 is 0 Å². The van der Waals surface area contributed by atoms with Crippen LogP contribution in [0.25, 0.3) is 11.5 Å². The standard InChI is InChI=1S/C20H20N4O3/c25-20(26-14-15-5-2-1-3-6-15)24-11-8-16(9-12-24)18-22-23-19(27-18)17-7-4-10-21-13-17/h1-7,10,13,16H,8-9,11-12,14H2. The van der Waals surface area contributed by atoms with Gasteiger partial charge in [-0.05, 0) is 30.5 Å². The molecule has 27 heavy (non-hydrogen) atoms. The van der Waals surface area contributed by atoms with Crippen LogP contribution < -0.4 is 0 Å². The van der Waals surface area contributed by atoms with Crippen molar-refractivity contribution < 1.29 is 13.9 Å². The number of benzene rings is 1. The van der Waals surface area contributed by atoms with Crippen LogP contribution in [0.5, 0.6) is 0 Å². The quantitative estimate of drug-likeness (QED) is 0.703. The molecule has 1 aliphatic rings. The molecule has 3 heterocycles. The van der Waals surface area contributed by atoms with Crippen molar-refractivity contribution in [2.45, 2.75) is 25.4 Å². The number of piperidine rings is 1. The summed E-state index contributed by atoms with van der Waals surface area (Å²) in [6, 6.07) is 13.4. The van der Waals surface area contributed by atoms with Crippen LogP contribution in [0.3, 0.4) is 0 Å². The number of nitrogens with zero attached hydrogens (tertiary/aromatic N) is 4. The Labute approximate surface area is 157 Å². The number of ether oxygens (including phenoxy) is 1. The Kier molecular flexibility index (Phi) is 5.09. The summed E-state index contributed by atoms with van der Waals surface area (Å²) in [5.74, 6) is 1.25. The summed E-state index contributed by atoms with van der Waals surface area (Å²) in [4.78, 5) is 18.0. The highest BCUT2D eigenvalue weighted by Gasteiger charge is 2.28. The van der Waals surface area contributed by atoms with Crippen LogP contribution in [0.1, 0.15) is 30.2 Å². The van der Waals surface area contributed by atoms with E-state index in [0.29, 0.717) is 24.9 Å². The maximum atomic E-state index is 12.2. The van der Waals surface area contributed by atoms with Crippen molar-refractivity contribution in [1.29, 1.82) is 0 Å². The van der Waals surface area contributed by atoms with Crippen LogP contribution in [-0.4, -0.2) is 39.3 Å². The molecule has 1 amide bonds. The summed E-state index contributed by atoms with van der Waals surface area (Å²) >= 11 is 0. The monoisotopic (exact) mass is 364 g/mol. The molecule has 0 radical (unpaired) electrons. The van der Waals surface area contributed by atoms with Crippen molar-refractivity contribution >= 4 is 6.09 Å². The SMILES string of the molecule is O=C(OCc1ccccc1)N1CCC(c2nnc(-c3cccnc3)o2)CC1. The average molecular weight is 364 g/mol. The molecule has 138 valence electrons. The molecule has 1 aliphatic heterocycles. The number of hydrogen-bond donors (Lipinski definition) is 0. The number of hydrogen-bond acceptors (Lipinski definition) is 6. The lowest BCUT2D eigenvalue weighted by Crippen LogP contribution is -2.38. The van der Waals surface area contributed by atoms with Crippen molar-refractivity contribution in [3.63, 3.8) is 0 Å². The summed E-state index contributed by atoms with van der Waals surface area (Å²) in [6.45, 7) is 1.52. The Hall–Kier alpha value is -3.22. The number of pyridine rings is 1. The second-order valence-electron chi connectivity index (χ2n) is 6.49. The van der Waals surface area contributed by atoms with Crippen molar-refractivity contribution in [3.05, 3.63) is 66.3 Å². The minimum Gasteiger partial charge on any atom is -0.445 e. The van der Waals surface area contributed by atoms with Crippen molar-refractivity contribution in [2.24, 2.45) is 0 Å². The largest absolute Gasteiger partial charge is 0.445 e. The minimum atomic E-state index is -0.279. The molecule has 1 saturated heterocycles. The lowest BCUT2D eigenvalue weighted by Gasteiger charge is -2.29. The molecule has 4 rings (SSSR count). The van der Waals surface area contributed by atoms with E-state index < -0.39 is 0 Å². The second-order valence-corrected chi connectivity index (χ2v) is 6.49. The van der Waals surface area contributed by atoms with Gasteiger partial charge >= 0.3 is 6.09 Å². The lowest BCUT2D eigenvalue weighted by molar-refractivity contribution is 0.0856. The van der Waals surface area contributed by atoms with Gasteiger partial charge in [-0.25, -0.2) is 4.79 Å². The molecule has 1 aromatic carbocycles. The molecular weight excluding hydrogens is 344 g/mol. The lowest BCUT2D eigenvalue weighted by atomic mass is 9.97. The summed E-state index contributed by atoms with van der Waals surface area (Å²) in [6.07, 6.45) is 4.67. The first-order valence-electron chi connectivity index (χ1n) is 8.99. The highest BCUT2D eigenvalue weighted by atomic mass is 16.6. The van der Waals surface area contributed by atoms with E-state index in [9.17, 15) is 4.79 Å². The molecule has 1 fully saturated rings. The molecular formula is C20H20N4O3. The van der Waals surface area contributed by atoms with Gasteiger partial charge in [0.2, 0.25) is 11.8 Å². The van der Waals surface area contributed by atoms with E-state index in [1.807, 2.05) is 42.5 Å². The number of rotatable bonds is 4. The van der Waals surface area contributed by atoms with Crippen molar-refractivity contribution in [2.75, 3.05) is 13.1 Å². The molecule has 0 aliphatic carbocycles. The first kappa shape index (κ1) is 17.2. The summed E-state index contributed by atoms with van der Waals surface area (Å²) in [5.41, 5.74) is 1.78. The maximum Gasteiger partial charge on any atom is 0.410 e. The highest BCUT2D eigenvalue weighted by molar-refractivity contribution is 5.67. The minimum absolute atomic E-state index is 0.154. The van der Waals surface area contributed by atoms with Crippen molar-refractivity contribution in [3.8, 4) is 11.5 Å². The third-order valence-electron chi connectivity index (χ3n) is 4.66. The summed E-state index contributed by atoms with van der Waals surface area (Å²) in [7, 11) is 0. The molecule has 0 bridgehead atoms. The predicted octanol–water partition coefficient (Wildman–Crippen LogP) is 3.65. The predicted molar refractivity (Wildman–Crippen MR) is 97.7 cm³/mol. The highest BCUT2D eigenvalue weighted by Crippen LogP contribution is 2.29. The summed E-state index contributed by atoms with van der Waals surface area (Å²) < 4.78 is 11.2. The van der Waals surface area contributed by atoms with E-state index in [4.69, 9.17) is 9.15 Å². The zero-order valence-electron chi connectivity index (χ0n) is 14.8. The Morgan fingerprint density at radius 1 is 1.11 bits per heavy atom. The van der Waals surface area contributed by atoms with Gasteiger partial charge in [0.1, 0.15) is 6.61 Å². The van der Waals surface area contributed by atoms with Crippen molar-refractivity contribution in [1.82, 2.24) is 20.1 Å². The third-order valence-corrected chi connectivity index (χ3v) is 4.66. The molecule has 7 heteroatoms. The van der Waals surface area contributed by atoms with Gasteiger partial charge in [-0.2, -0.15) is 0 Å². The molecule has 0 unspecified atom stereocenters. The number of amides is 1. The molecule has 0 spiro atoms. The first-order valence-corrected chi connectivity index (χ1v) is 8.99. The third kappa shape index (κ3) is 4.13. The Balaban J connectivity index is 1.30. The van der Waals surface area contributed by atoms with E-state index in [1.165, 1.54) is 0 Å². The number of carbonyl (C=O) groups is 1. The van der Waals surface area contributed by atoms with Crippen LogP contribution in [0.2, 0.25) is 0 Å². The van der Waals surface area contributed by atoms with E-state index in [-0.39, 0.29) is 18.6 Å². The van der Waals surface area contributed by atoms with E-state index in [1.54, 1.807) is 17.3 Å². The van der Waals surface area contributed by atoms with Gasteiger partial charge in [-0.1, -0.05) is 30.3 Å². The van der Waals surface area contributed by atoms with Gasteiger partial charge in [0.15, 0.2) is 0 Å².